The Morgan fingerprint density at radius 3 is 2.10 bits per heavy atom. The van der Waals surface area contributed by atoms with Crippen molar-refractivity contribution in [2.45, 2.75) is 58.0 Å². The fourth-order valence-corrected chi connectivity index (χ4v) is 1.72. The van der Waals surface area contributed by atoms with Gasteiger partial charge in [-0.05, 0) is 25.7 Å². The van der Waals surface area contributed by atoms with Crippen molar-refractivity contribution in [1.82, 2.24) is 0 Å². The van der Waals surface area contributed by atoms with Crippen LogP contribution < -0.4 is 0 Å². The van der Waals surface area contributed by atoms with Gasteiger partial charge in [0.1, 0.15) is 0 Å². The van der Waals surface area contributed by atoms with Gasteiger partial charge in [-0.25, -0.2) is 4.79 Å². The highest BCUT2D eigenvalue weighted by Gasteiger charge is 2.11. The molecule has 21 heavy (non-hydrogen) atoms. The van der Waals surface area contributed by atoms with Gasteiger partial charge < -0.3 is 10.2 Å². The highest BCUT2D eigenvalue weighted by atomic mass is 16.4. The van der Waals surface area contributed by atoms with E-state index in [-0.39, 0.29) is 0 Å². The summed E-state index contributed by atoms with van der Waals surface area (Å²) >= 11 is 0. The number of aliphatic hydroxyl groups is 1. The Bertz CT molecular complexity index is 365. The lowest BCUT2D eigenvalue weighted by molar-refractivity contribution is -0.146. The van der Waals surface area contributed by atoms with Crippen LogP contribution in [0.1, 0.15) is 51.9 Å². The summed E-state index contributed by atoms with van der Waals surface area (Å²) in [6.07, 6.45) is 21.5. The summed E-state index contributed by atoms with van der Waals surface area (Å²) in [5.74, 6) is -1.12. The minimum Gasteiger partial charge on any atom is -0.479 e. The first-order chi connectivity index (χ1) is 10.2. The zero-order valence-electron chi connectivity index (χ0n) is 12.9. The normalized spacial score (nSPS) is 14.0. The van der Waals surface area contributed by atoms with E-state index in [9.17, 15) is 4.79 Å². The van der Waals surface area contributed by atoms with Crippen LogP contribution in [-0.2, 0) is 4.79 Å². The van der Waals surface area contributed by atoms with Crippen LogP contribution in [0.25, 0.3) is 0 Å². The number of unbranched alkanes of at least 4 members (excludes halogenated alkanes) is 4. The average molecular weight is 292 g/mol. The summed E-state index contributed by atoms with van der Waals surface area (Å²) < 4.78 is 0. The molecule has 0 saturated heterocycles. The molecule has 3 nitrogen and oxygen atoms in total. The van der Waals surface area contributed by atoms with Crippen LogP contribution >= 0.6 is 0 Å². The molecule has 0 saturated carbocycles. The van der Waals surface area contributed by atoms with E-state index < -0.39 is 12.1 Å². The predicted molar refractivity (Wildman–Crippen MR) is 88.2 cm³/mol. The molecule has 0 aromatic carbocycles. The zero-order valence-corrected chi connectivity index (χ0v) is 12.9. The maximum absolute atomic E-state index is 10.4. The van der Waals surface area contributed by atoms with Crippen molar-refractivity contribution in [3.63, 3.8) is 0 Å². The molecule has 118 valence electrons. The Kier molecular flexibility index (Phi) is 13.7. The van der Waals surface area contributed by atoms with E-state index in [0.717, 1.165) is 38.5 Å². The van der Waals surface area contributed by atoms with Crippen molar-refractivity contribution in [1.29, 1.82) is 0 Å². The van der Waals surface area contributed by atoms with Gasteiger partial charge in [0.05, 0.1) is 0 Å². The van der Waals surface area contributed by atoms with Crippen LogP contribution in [0.4, 0.5) is 0 Å². The fraction of sp³-hybridized carbons (Fsp3) is 0.500. The summed E-state index contributed by atoms with van der Waals surface area (Å²) in [7, 11) is 0. The lowest BCUT2D eigenvalue weighted by atomic mass is 10.1. The number of hydrogen-bond acceptors (Lipinski definition) is 2. The minimum absolute atomic E-state index is 0.354. The summed E-state index contributed by atoms with van der Waals surface area (Å²) in [6, 6.07) is 0. The third kappa shape index (κ3) is 14.6. The van der Waals surface area contributed by atoms with E-state index in [1.165, 1.54) is 0 Å². The number of allylic oxidation sites excluding steroid dienone is 8. The quantitative estimate of drug-likeness (QED) is 0.414. The number of hydrogen-bond donors (Lipinski definition) is 2. The third-order valence-electron chi connectivity index (χ3n) is 2.95. The largest absolute Gasteiger partial charge is 0.479 e. The maximum atomic E-state index is 10.4. The van der Waals surface area contributed by atoms with Gasteiger partial charge in [0.2, 0.25) is 0 Å². The van der Waals surface area contributed by atoms with Gasteiger partial charge in [-0.15, -0.1) is 0 Å². The van der Waals surface area contributed by atoms with E-state index >= 15 is 0 Å². The van der Waals surface area contributed by atoms with Gasteiger partial charge in [0.15, 0.2) is 6.10 Å². The number of aliphatic carboxylic acids is 1. The Balaban J connectivity index is 3.44. The molecule has 0 aliphatic rings. The van der Waals surface area contributed by atoms with Crippen molar-refractivity contribution in [2.75, 3.05) is 0 Å². The Morgan fingerprint density at radius 2 is 1.48 bits per heavy atom. The van der Waals surface area contributed by atoms with Crippen molar-refractivity contribution in [3.05, 3.63) is 48.6 Å². The fourth-order valence-electron chi connectivity index (χ4n) is 1.72. The summed E-state index contributed by atoms with van der Waals surface area (Å²) in [5.41, 5.74) is 0. The van der Waals surface area contributed by atoms with Gasteiger partial charge in [-0.3, -0.25) is 0 Å². The van der Waals surface area contributed by atoms with Crippen molar-refractivity contribution >= 4 is 5.97 Å². The number of carboxylic acid groups (broad SMARTS) is 1. The Labute approximate surface area is 128 Å². The number of carbonyl (C=O) groups is 1. The van der Waals surface area contributed by atoms with Crippen LogP contribution in [0, 0.1) is 0 Å². The molecule has 0 amide bonds. The van der Waals surface area contributed by atoms with Crippen LogP contribution in [0.3, 0.4) is 0 Å². The molecule has 0 radical (unpaired) electrons. The zero-order chi connectivity index (χ0) is 15.8. The van der Waals surface area contributed by atoms with Crippen molar-refractivity contribution in [2.24, 2.45) is 0 Å². The molecule has 0 spiro atoms. The maximum Gasteiger partial charge on any atom is 0.332 e. The molecule has 1 unspecified atom stereocenters. The SMILES string of the molecule is CCC=CC=CC=CC=CCCCCCCC(O)C(=O)O. The van der Waals surface area contributed by atoms with Crippen LogP contribution in [-0.4, -0.2) is 22.3 Å². The lowest BCUT2D eigenvalue weighted by Gasteiger charge is -2.04. The topological polar surface area (TPSA) is 57.5 Å². The summed E-state index contributed by atoms with van der Waals surface area (Å²) in [5, 5.41) is 17.6. The smallest absolute Gasteiger partial charge is 0.332 e. The molecule has 0 aromatic rings. The molecule has 0 heterocycles. The third-order valence-corrected chi connectivity index (χ3v) is 2.95. The number of aliphatic hydroxyl groups excluding tert-OH is 1. The lowest BCUT2D eigenvalue weighted by Crippen LogP contribution is -2.18. The van der Waals surface area contributed by atoms with Crippen molar-refractivity contribution < 1.29 is 15.0 Å². The van der Waals surface area contributed by atoms with Crippen LogP contribution in [0.2, 0.25) is 0 Å². The van der Waals surface area contributed by atoms with E-state index in [2.05, 4.69) is 19.1 Å². The molecule has 0 aliphatic carbocycles. The van der Waals surface area contributed by atoms with E-state index in [1.54, 1.807) is 0 Å². The van der Waals surface area contributed by atoms with Gasteiger partial charge in [-0.1, -0.05) is 74.8 Å². The molecule has 0 aromatic heterocycles. The number of carboxylic acids is 1. The van der Waals surface area contributed by atoms with Gasteiger partial charge >= 0.3 is 5.97 Å². The average Bonchev–Trinajstić information content (AvgIpc) is 2.47. The van der Waals surface area contributed by atoms with Gasteiger partial charge in [0, 0.05) is 0 Å². The molecular weight excluding hydrogens is 264 g/mol. The second kappa shape index (κ2) is 14.8. The Morgan fingerprint density at radius 1 is 0.905 bits per heavy atom. The number of rotatable bonds is 12. The van der Waals surface area contributed by atoms with Crippen LogP contribution in [0.5, 0.6) is 0 Å². The Hall–Kier alpha value is -1.61. The van der Waals surface area contributed by atoms with Crippen molar-refractivity contribution in [3.8, 4) is 0 Å². The highest BCUT2D eigenvalue weighted by Crippen LogP contribution is 2.08. The molecule has 1 atom stereocenters. The van der Waals surface area contributed by atoms with Gasteiger partial charge in [-0.2, -0.15) is 0 Å². The highest BCUT2D eigenvalue weighted by molar-refractivity contribution is 5.71. The summed E-state index contributed by atoms with van der Waals surface area (Å²) in [4.78, 5) is 10.4. The first-order valence-electron chi connectivity index (χ1n) is 7.74. The standard InChI is InChI=1S/C18H28O3/c1-2-3-4-5-6-7-8-9-10-11-12-13-14-15-16-17(19)18(20)21/h3-10,17,19H,2,11-16H2,1H3,(H,20,21). The van der Waals surface area contributed by atoms with E-state index in [0.29, 0.717) is 6.42 Å². The first-order valence-corrected chi connectivity index (χ1v) is 7.74. The molecule has 2 N–H and O–H groups in total. The minimum atomic E-state index is -1.20. The predicted octanol–water partition coefficient (Wildman–Crippen LogP) is 4.41. The molecule has 0 aliphatic heterocycles. The second-order valence-electron chi connectivity index (χ2n) is 4.88. The monoisotopic (exact) mass is 292 g/mol. The van der Waals surface area contributed by atoms with E-state index in [4.69, 9.17) is 10.2 Å². The first kappa shape index (κ1) is 19.4. The second-order valence-corrected chi connectivity index (χ2v) is 4.88. The van der Waals surface area contributed by atoms with Crippen LogP contribution in [0.15, 0.2) is 48.6 Å². The van der Waals surface area contributed by atoms with Gasteiger partial charge in [0.25, 0.3) is 0 Å². The molecule has 3 heteroatoms. The molecule has 0 bridgehead atoms. The summed E-state index contributed by atoms with van der Waals surface area (Å²) in [6.45, 7) is 2.11. The molecule has 0 fully saturated rings. The molecular formula is C18H28O3. The van der Waals surface area contributed by atoms with E-state index in [1.807, 2.05) is 36.5 Å². The molecule has 0 rings (SSSR count).